The number of nitrogens with zero attached hydrogens (tertiary/aromatic N) is 5. The second-order valence-electron chi connectivity index (χ2n) is 7.16. The van der Waals surface area contributed by atoms with Crippen LogP contribution in [-0.2, 0) is 11.2 Å². The van der Waals surface area contributed by atoms with Gasteiger partial charge in [-0.1, -0.05) is 6.07 Å². The lowest BCUT2D eigenvalue weighted by Crippen LogP contribution is -2.36. The quantitative estimate of drug-likeness (QED) is 0.899. The number of likely N-dealkylation sites (tertiary alicyclic amines) is 1. The van der Waals surface area contributed by atoms with Gasteiger partial charge in [0, 0.05) is 31.9 Å². The monoisotopic (exact) mass is 341 g/mol. The van der Waals surface area contributed by atoms with Gasteiger partial charge in [0.1, 0.15) is 12.7 Å². The number of fused-ring (bicyclic) bond motifs is 1. The van der Waals surface area contributed by atoms with E-state index in [1.54, 1.807) is 17.2 Å². The average molecular weight is 341 g/mol. The van der Waals surface area contributed by atoms with Gasteiger partial charge in [0.15, 0.2) is 0 Å². The van der Waals surface area contributed by atoms with Crippen LogP contribution in [0.3, 0.4) is 0 Å². The molecule has 0 spiro atoms. The zero-order chi connectivity index (χ0) is 17.2. The van der Waals surface area contributed by atoms with Crippen LogP contribution in [-0.4, -0.2) is 54.9 Å². The average Bonchev–Trinajstić information content (AvgIpc) is 3.29. The maximum Gasteiger partial charge on any atom is 0.222 e. The van der Waals surface area contributed by atoms with Gasteiger partial charge >= 0.3 is 0 Å². The molecule has 1 aliphatic carbocycles. The van der Waals surface area contributed by atoms with E-state index in [1.807, 2.05) is 23.2 Å². The predicted molar refractivity (Wildman–Crippen MR) is 90.4 cm³/mol. The van der Waals surface area contributed by atoms with Crippen molar-refractivity contribution >= 4 is 5.91 Å². The van der Waals surface area contributed by atoms with Crippen molar-refractivity contribution in [2.24, 2.45) is 11.8 Å². The Labute approximate surface area is 146 Å². The van der Waals surface area contributed by atoms with E-state index in [0.29, 0.717) is 18.3 Å². The van der Waals surface area contributed by atoms with E-state index in [2.05, 4.69) is 15.1 Å². The number of carbonyl (C=O) groups is 1. The Hall–Kier alpha value is -2.28. The summed E-state index contributed by atoms with van der Waals surface area (Å²) in [5, 5.41) is 14.6. The van der Waals surface area contributed by atoms with Gasteiger partial charge < -0.3 is 10.0 Å². The summed E-state index contributed by atoms with van der Waals surface area (Å²) in [6.45, 7) is 1.55. The molecule has 3 heterocycles. The molecule has 1 saturated heterocycles. The number of hydrogen-bond donors (Lipinski definition) is 1. The van der Waals surface area contributed by atoms with E-state index in [9.17, 15) is 9.90 Å². The van der Waals surface area contributed by atoms with Gasteiger partial charge in [-0.3, -0.25) is 9.78 Å². The van der Waals surface area contributed by atoms with Crippen LogP contribution >= 0.6 is 0 Å². The number of rotatable bonds is 4. The minimum Gasteiger partial charge on any atom is -0.391 e. The zero-order valence-corrected chi connectivity index (χ0v) is 14.1. The molecule has 7 heteroatoms. The Balaban J connectivity index is 1.35. The van der Waals surface area contributed by atoms with Crippen LogP contribution in [0.4, 0.5) is 0 Å². The Kier molecular flexibility index (Phi) is 4.48. The number of aryl methyl sites for hydroxylation is 1. The highest BCUT2D eigenvalue weighted by molar-refractivity contribution is 5.76. The summed E-state index contributed by atoms with van der Waals surface area (Å²) < 4.78 is 1.76. The molecule has 0 unspecified atom stereocenters. The van der Waals surface area contributed by atoms with Gasteiger partial charge in [0.25, 0.3) is 0 Å². The van der Waals surface area contributed by atoms with Crippen LogP contribution in [0.5, 0.6) is 0 Å². The molecule has 1 saturated carbocycles. The van der Waals surface area contributed by atoms with E-state index in [1.165, 1.54) is 6.33 Å². The van der Waals surface area contributed by atoms with Crippen LogP contribution in [0.15, 0.2) is 37.2 Å². The predicted octanol–water partition coefficient (Wildman–Crippen LogP) is 1.08. The molecule has 1 aliphatic heterocycles. The summed E-state index contributed by atoms with van der Waals surface area (Å²) in [5.74, 6) is 1.02. The van der Waals surface area contributed by atoms with Crippen molar-refractivity contribution in [2.75, 3.05) is 13.1 Å². The van der Waals surface area contributed by atoms with Crippen LogP contribution in [0.2, 0.25) is 0 Å². The molecular weight excluding hydrogens is 318 g/mol. The number of carbonyl (C=O) groups excluding carboxylic acids is 1. The first-order chi connectivity index (χ1) is 12.2. The highest BCUT2D eigenvalue weighted by atomic mass is 16.3. The maximum absolute atomic E-state index is 12.6. The summed E-state index contributed by atoms with van der Waals surface area (Å²) in [5.41, 5.74) is 1.09. The molecule has 4 rings (SSSR count). The molecule has 2 fully saturated rings. The Morgan fingerprint density at radius 1 is 1.24 bits per heavy atom. The molecule has 2 aromatic heterocycles. The largest absolute Gasteiger partial charge is 0.391 e. The van der Waals surface area contributed by atoms with Crippen LogP contribution in [0, 0.1) is 11.8 Å². The maximum atomic E-state index is 12.6. The lowest BCUT2D eigenvalue weighted by Gasteiger charge is -2.34. The number of hydrogen-bond acceptors (Lipinski definition) is 5. The zero-order valence-electron chi connectivity index (χ0n) is 14.1. The van der Waals surface area contributed by atoms with Gasteiger partial charge in [-0.05, 0) is 42.7 Å². The fourth-order valence-corrected chi connectivity index (χ4v) is 4.24. The van der Waals surface area contributed by atoms with E-state index in [-0.39, 0.29) is 11.9 Å². The SMILES string of the molecule is O=C(CCc1cccnc1)N1C[C@H]2C[C@@H](n3cncn3)[C@H](O)C[C@H]2C1. The van der Waals surface area contributed by atoms with Crippen molar-refractivity contribution in [2.45, 2.75) is 37.8 Å². The first-order valence-electron chi connectivity index (χ1n) is 8.89. The second-order valence-corrected chi connectivity index (χ2v) is 7.16. The normalized spacial score (nSPS) is 28.8. The molecule has 7 nitrogen and oxygen atoms in total. The molecule has 25 heavy (non-hydrogen) atoms. The molecule has 0 radical (unpaired) electrons. The summed E-state index contributed by atoms with van der Waals surface area (Å²) in [6.07, 6.45) is 9.12. The number of aliphatic hydroxyl groups excluding tert-OH is 1. The number of aromatic nitrogens is 4. The van der Waals surface area contributed by atoms with Crippen molar-refractivity contribution in [3.8, 4) is 0 Å². The van der Waals surface area contributed by atoms with Gasteiger partial charge in [-0.15, -0.1) is 0 Å². The lowest BCUT2D eigenvalue weighted by molar-refractivity contribution is -0.130. The third kappa shape index (κ3) is 3.42. The van der Waals surface area contributed by atoms with Gasteiger partial charge in [0.05, 0.1) is 12.1 Å². The smallest absolute Gasteiger partial charge is 0.222 e. The third-order valence-corrected chi connectivity index (χ3v) is 5.59. The second kappa shape index (κ2) is 6.92. The van der Waals surface area contributed by atoms with Crippen LogP contribution in [0.1, 0.15) is 30.9 Å². The van der Waals surface area contributed by atoms with E-state index >= 15 is 0 Å². The molecular formula is C18H23N5O2. The standard InChI is InChI=1S/C18H23N5O2/c24-17-7-15-10-22(18(25)4-3-13-2-1-5-19-8-13)9-14(15)6-16(17)23-12-20-11-21-23/h1-2,5,8,11-12,14-17,24H,3-4,6-7,9-10H2/t14-,15+,16-,17-/m1/s1. The summed E-state index contributed by atoms with van der Waals surface area (Å²) >= 11 is 0. The lowest BCUT2D eigenvalue weighted by atomic mass is 9.77. The van der Waals surface area contributed by atoms with Crippen molar-refractivity contribution in [1.82, 2.24) is 24.6 Å². The van der Waals surface area contributed by atoms with Crippen molar-refractivity contribution in [3.63, 3.8) is 0 Å². The number of amides is 1. The van der Waals surface area contributed by atoms with Crippen LogP contribution in [0.25, 0.3) is 0 Å². The molecule has 1 amide bonds. The summed E-state index contributed by atoms with van der Waals surface area (Å²) in [6, 6.07) is 3.87. The fraction of sp³-hybridized carbons (Fsp3) is 0.556. The first kappa shape index (κ1) is 16.2. The molecule has 0 aromatic carbocycles. The Bertz CT molecular complexity index is 706. The minimum absolute atomic E-state index is 0.0332. The molecule has 2 aliphatic rings. The van der Waals surface area contributed by atoms with Gasteiger partial charge in [-0.2, -0.15) is 5.10 Å². The Morgan fingerprint density at radius 2 is 2.08 bits per heavy atom. The van der Waals surface area contributed by atoms with Crippen molar-refractivity contribution in [1.29, 1.82) is 0 Å². The highest BCUT2D eigenvalue weighted by Crippen LogP contribution is 2.41. The first-order valence-corrected chi connectivity index (χ1v) is 8.89. The van der Waals surface area contributed by atoms with Gasteiger partial charge in [-0.25, -0.2) is 9.67 Å². The topological polar surface area (TPSA) is 84.1 Å². The van der Waals surface area contributed by atoms with E-state index < -0.39 is 6.10 Å². The number of aliphatic hydroxyl groups is 1. The van der Waals surface area contributed by atoms with Crippen LogP contribution < -0.4 is 0 Å². The summed E-state index contributed by atoms with van der Waals surface area (Å²) in [7, 11) is 0. The molecule has 2 aromatic rings. The third-order valence-electron chi connectivity index (χ3n) is 5.59. The van der Waals surface area contributed by atoms with Gasteiger partial charge in [0.2, 0.25) is 5.91 Å². The van der Waals surface area contributed by atoms with E-state index in [0.717, 1.165) is 37.9 Å². The van der Waals surface area contributed by atoms with Crippen molar-refractivity contribution in [3.05, 3.63) is 42.7 Å². The molecule has 4 atom stereocenters. The van der Waals surface area contributed by atoms with E-state index in [4.69, 9.17) is 0 Å². The molecule has 0 bridgehead atoms. The number of pyridine rings is 1. The highest BCUT2D eigenvalue weighted by Gasteiger charge is 2.43. The minimum atomic E-state index is -0.423. The molecule has 1 N–H and O–H groups in total. The molecule has 132 valence electrons. The summed E-state index contributed by atoms with van der Waals surface area (Å²) in [4.78, 5) is 22.6. The van der Waals surface area contributed by atoms with Crippen molar-refractivity contribution < 1.29 is 9.90 Å². The Morgan fingerprint density at radius 3 is 2.80 bits per heavy atom. The fourth-order valence-electron chi connectivity index (χ4n) is 4.24.